The molecule has 1 amide bonds. The summed E-state index contributed by atoms with van der Waals surface area (Å²) in [5.41, 5.74) is -0.203. The number of carbonyl (C=O) groups is 1. The van der Waals surface area contributed by atoms with Gasteiger partial charge in [0.2, 0.25) is 5.91 Å². The fraction of sp³-hybridized carbons (Fsp3) is 0.923. The Morgan fingerprint density at radius 2 is 2.12 bits per heavy atom. The summed E-state index contributed by atoms with van der Waals surface area (Å²) in [5.74, 6) is 0.211. The van der Waals surface area contributed by atoms with Crippen molar-refractivity contribution < 1.29 is 4.79 Å². The van der Waals surface area contributed by atoms with E-state index in [0.717, 1.165) is 38.9 Å². The quantitative estimate of drug-likeness (QED) is 0.766. The molecule has 0 saturated carbocycles. The molecular weight excluding hydrogens is 232 g/mol. The van der Waals surface area contributed by atoms with Gasteiger partial charge in [-0.05, 0) is 39.0 Å². The summed E-state index contributed by atoms with van der Waals surface area (Å²) in [7, 11) is 0. The Labute approximate surface area is 109 Å². The van der Waals surface area contributed by atoms with E-state index in [9.17, 15) is 4.79 Å². The Bertz CT molecular complexity index is 250. The Kier molecular flexibility index (Phi) is 5.32. The van der Waals surface area contributed by atoms with Crippen molar-refractivity contribution in [2.24, 2.45) is 5.41 Å². The van der Waals surface area contributed by atoms with Gasteiger partial charge in [-0.1, -0.05) is 13.8 Å². The number of carbonyl (C=O) groups excluding carboxylic acids is 1. The van der Waals surface area contributed by atoms with Gasteiger partial charge in [0.05, 0.1) is 5.41 Å². The number of hydrogen-bond acceptors (Lipinski definition) is 3. The zero-order chi connectivity index (χ0) is 12.9. The van der Waals surface area contributed by atoms with Crippen molar-refractivity contribution in [2.75, 3.05) is 25.9 Å². The summed E-state index contributed by atoms with van der Waals surface area (Å²) in [5, 5.41) is 6.43. The smallest absolute Gasteiger partial charge is 0.227 e. The van der Waals surface area contributed by atoms with Gasteiger partial charge in [0, 0.05) is 17.8 Å². The molecule has 4 heteroatoms. The van der Waals surface area contributed by atoms with Crippen LogP contribution in [0.25, 0.3) is 0 Å². The molecule has 1 saturated heterocycles. The maximum Gasteiger partial charge on any atom is 0.227 e. The molecule has 0 bridgehead atoms. The summed E-state index contributed by atoms with van der Waals surface area (Å²) < 4.78 is 0.206. The molecule has 1 unspecified atom stereocenters. The van der Waals surface area contributed by atoms with E-state index in [2.05, 4.69) is 37.7 Å². The van der Waals surface area contributed by atoms with Crippen LogP contribution in [0.15, 0.2) is 0 Å². The second kappa shape index (κ2) is 6.10. The second-order valence-corrected chi connectivity index (χ2v) is 6.54. The largest absolute Gasteiger partial charge is 0.354 e. The predicted octanol–water partition coefficient (Wildman–Crippen LogP) is 2.02. The molecule has 3 nitrogen and oxygen atoms in total. The number of thioether (sulfide) groups is 1. The Morgan fingerprint density at radius 3 is 2.53 bits per heavy atom. The summed E-state index contributed by atoms with van der Waals surface area (Å²) in [4.78, 5) is 12.2. The van der Waals surface area contributed by atoms with E-state index in [-0.39, 0.29) is 16.1 Å². The highest BCUT2D eigenvalue weighted by molar-refractivity contribution is 8.00. The van der Waals surface area contributed by atoms with E-state index >= 15 is 0 Å². The van der Waals surface area contributed by atoms with Crippen LogP contribution in [0.2, 0.25) is 0 Å². The van der Waals surface area contributed by atoms with E-state index < -0.39 is 0 Å². The molecule has 1 fully saturated rings. The van der Waals surface area contributed by atoms with Crippen LogP contribution in [0.4, 0.5) is 0 Å². The first-order valence-corrected chi connectivity index (χ1v) is 7.78. The van der Waals surface area contributed by atoms with E-state index in [4.69, 9.17) is 0 Å². The van der Waals surface area contributed by atoms with Gasteiger partial charge in [-0.2, -0.15) is 11.8 Å². The molecule has 0 radical (unpaired) electrons. The molecule has 1 heterocycles. The fourth-order valence-electron chi connectivity index (χ4n) is 2.33. The number of rotatable bonds is 6. The van der Waals surface area contributed by atoms with Crippen LogP contribution in [0.3, 0.4) is 0 Å². The standard InChI is InChI=1S/C13H26N2OS/c1-5-13(6-2,17-4)10-15-11(16)12(3)7-8-14-9-12/h14H,5-10H2,1-4H3,(H,15,16). The minimum absolute atomic E-state index is 0.203. The highest BCUT2D eigenvalue weighted by atomic mass is 32.2. The number of nitrogens with one attached hydrogen (secondary N) is 2. The first-order valence-electron chi connectivity index (χ1n) is 6.56. The number of amides is 1. The molecule has 17 heavy (non-hydrogen) atoms. The zero-order valence-corrected chi connectivity index (χ0v) is 12.4. The molecule has 0 spiro atoms. The number of hydrogen-bond donors (Lipinski definition) is 2. The topological polar surface area (TPSA) is 41.1 Å². The SMILES string of the molecule is CCC(CC)(CNC(=O)C1(C)CCNC1)SC. The Morgan fingerprint density at radius 1 is 1.47 bits per heavy atom. The van der Waals surface area contributed by atoms with Gasteiger partial charge in [0.1, 0.15) is 0 Å². The summed E-state index contributed by atoms with van der Waals surface area (Å²) in [6.07, 6.45) is 5.28. The lowest BCUT2D eigenvalue weighted by molar-refractivity contribution is -0.129. The highest BCUT2D eigenvalue weighted by Crippen LogP contribution is 2.30. The molecule has 0 aromatic rings. The molecule has 1 aliphatic heterocycles. The normalized spacial score (nSPS) is 24.9. The van der Waals surface area contributed by atoms with Gasteiger partial charge in [0.25, 0.3) is 0 Å². The summed E-state index contributed by atoms with van der Waals surface area (Å²) in [6.45, 7) is 9.01. The van der Waals surface area contributed by atoms with E-state index in [1.54, 1.807) is 0 Å². The van der Waals surface area contributed by atoms with Crippen LogP contribution in [-0.4, -0.2) is 36.5 Å². The van der Waals surface area contributed by atoms with Crippen LogP contribution in [0.1, 0.15) is 40.0 Å². The van der Waals surface area contributed by atoms with Crippen molar-refractivity contribution in [2.45, 2.75) is 44.8 Å². The Balaban J connectivity index is 2.52. The van der Waals surface area contributed by atoms with Crippen molar-refractivity contribution in [3.05, 3.63) is 0 Å². The second-order valence-electron chi connectivity index (χ2n) is 5.26. The third-order valence-electron chi connectivity index (χ3n) is 4.21. The summed E-state index contributed by atoms with van der Waals surface area (Å²) >= 11 is 1.87. The van der Waals surface area contributed by atoms with Crippen molar-refractivity contribution in [1.29, 1.82) is 0 Å². The van der Waals surface area contributed by atoms with Crippen molar-refractivity contribution in [1.82, 2.24) is 10.6 Å². The van der Waals surface area contributed by atoms with Crippen LogP contribution < -0.4 is 10.6 Å². The molecule has 1 atom stereocenters. The molecule has 1 rings (SSSR count). The first kappa shape index (κ1) is 14.8. The first-order chi connectivity index (χ1) is 8.02. The van der Waals surface area contributed by atoms with Crippen molar-refractivity contribution >= 4 is 17.7 Å². The maximum atomic E-state index is 12.2. The Hall–Kier alpha value is -0.220. The lowest BCUT2D eigenvalue weighted by atomic mass is 9.88. The average molecular weight is 258 g/mol. The van der Waals surface area contributed by atoms with Gasteiger partial charge < -0.3 is 10.6 Å². The van der Waals surface area contributed by atoms with Gasteiger partial charge in [-0.3, -0.25) is 4.79 Å². The molecule has 0 aliphatic carbocycles. The maximum absolute atomic E-state index is 12.2. The minimum Gasteiger partial charge on any atom is -0.354 e. The predicted molar refractivity (Wildman–Crippen MR) is 75.4 cm³/mol. The zero-order valence-electron chi connectivity index (χ0n) is 11.6. The van der Waals surface area contributed by atoms with E-state index in [1.807, 2.05) is 11.8 Å². The van der Waals surface area contributed by atoms with Crippen molar-refractivity contribution in [3.63, 3.8) is 0 Å². The fourth-order valence-corrected chi connectivity index (χ4v) is 3.12. The van der Waals surface area contributed by atoms with Gasteiger partial charge in [0.15, 0.2) is 0 Å². The van der Waals surface area contributed by atoms with Crippen LogP contribution in [0, 0.1) is 5.41 Å². The lowest BCUT2D eigenvalue weighted by Crippen LogP contribution is -2.46. The van der Waals surface area contributed by atoms with Crippen molar-refractivity contribution in [3.8, 4) is 0 Å². The molecule has 0 aromatic heterocycles. The van der Waals surface area contributed by atoms with Crippen LogP contribution in [-0.2, 0) is 4.79 Å². The monoisotopic (exact) mass is 258 g/mol. The van der Waals surface area contributed by atoms with E-state index in [1.165, 1.54) is 0 Å². The van der Waals surface area contributed by atoms with Gasteiger partial charge >= 0.3 is 0 Å². The molecule has 1 aliphatic rings. The van der Waals surface area contributed by atoms with Crippen LogP contribution in [0.5, 0.6) is 0 Å². The molecule has 0 aromatic carbocycles. The summed E-state index contributed by atoms with van der Waals surface area (Å²) in [6, 6.07) is 0. The van der Waals surface area contributed by atoms with E-state index in [0.29, 0.717) is 0 Å². The van der Waals surface area contributed by atoms with Crippen LogP contribution >= 0.6 is 11.8 Å². The average Bonchev–Trinajstić information content (AvgIpc) is 2.80. The highest BCUT2D eigenvalue weighted by Gasteiger charge is 2.37. The van der Waals surface area contributed by atoms with Gasteiger partial charge in [-0.25, -0.2) is 0 Å². The minimum atomic E-state index is -0.203. The van der Waals surface area contributed by atoms with Gasteiger partial charge in [-0.15, -0.1) is 0 Å². The molecule has 100 valence electrons. The lowest BCUT2D eigenvalue weighted by Gasteiger charge is -2.32. The molecule has 2 N–H and O–H groups in total. The molecular formula is C13H26N2OS. The third kappa shape index (κ3) is 3.38. The third-order valence-corrected chi connectivity index (χ3v) is 5.80.